The maximum Gasteiger partial charge on any atom is 0.352 e. The van der Waals surface area contributed by atoms with Gasteiger partial charge in [0.15, 0.2) is 5.75 Å². The molecule has 14 heavy (non-hydrogen) atoms. The highest BCUT2D eigenvalue weighted by Crippen LogP contribution is 2.27. The van der Waals surface area contributed by atoms with Crippen molar-refractivity contribution in [2.75, 3.05) is 0 Å². The molecule has 4 heteroatoms. The molecule has 0 aliphatic heterocycles. The maximum atomic E-state index is 10.6. The van der Waals surface area contributed by atoms with E-state index in [9.17, 15) is 4.79 Å². The first-order chi connectivity index (χ1) is 6.50. The van der Waals surface area contributed by atoms with Crippen LogP contribution in [0.2, 0.25) is 0 Å². The lowest BCUT2D eigenvalue weighted by Crippen LogP contribution is -2.05. The molecule has 0 aromatic heterocycles. The minimum atomic E-state index is -0.466. The summed E-state index contributed by atoms with van der Waals surface area (Å²) in [6, 6.07) is 3.79. The molecule has 0 bridgehead atoms. The third-order valence-corrected chi connectivity index (χ3v) is 2.13. The summed E-state index contributed by atoms with van der Waals surface area (Å²) < 4.78 is 0.975. The maximum absolute atomic E-state index is 10.6. The highest BCUT2D eigenvalue weighted by molar-refractivity contribution is 9.10. The van der Waals surface area contributed by atoms with Crippen LogP contribution in [0.1, 0.15) is 18.1 Å². The van der Waals surface area contributed by atoms with Crippen LogP contribution in [-0.2, 0) is 9.68 Å². The Morgan fingerprint density at radius 1 is 1.29 bits per heavy atom. The quantitative estimate of drug-likeness (QED) is 0.605. The van der Waals surface area contributed by atoms with E-state index in [0.29, 0.717) is 5.75 Å². The van der Waals surface area contributed by atoms with Crippen LogP contribution < -0.4 is 4.89 Å². The van der Waals surface area contributed by atoms with Crippen molar-refractivity contribution in [2.24, 2.45) is 0 Å². The predicted octanol–water partition coefficient (Wildman–Crippen LogP) is 2.92. The summed E-state index contributed by atoms with van der Waals surface area (Å²) in [5.41, 5.74) is 1.83. The van der Waals surface area contributed by atoms with Gasteiger partial charge in [0.2, 0.25) is 0 Å². The Hall–Kier alpha value is -1.03. The van der Waals surface area contributed by atoms with Gasteiger partial charge in [-0.25, -0.2) is 4.79 Å². The summed E-state index contributed by atoms with van der Waals surface area (Å²) in [7, 11) is 0. The van der Waals surface area contributed by atoms with Crippen molar-refractivity contribution in [3.05, 3.63) is 27.7 Å². The zero-order valence-electron chi connectivity index (χ0n) is 8.26. The molecule has 1 rings (SSSR count). The first-order valence-electron chi connectivity index (χ1n) is 4.12. The normalized spacial score (nSPS) is 9.71. The van der Waals surface area contributed by atoms with Crippen molar-refractivity contribution >= 4 is 21.9 Å². The smallest absolute Gasteiger partial charge is 0.286 e. The van der Waals surface area contributed by atoms with E-state index in [1.807, 2.05) is 26.0 Å². The van der Waals surface area contributed by atoms with Gasteiger partial charge in [0.1, 0.15) is 0 Å². The molecule has 0 N–H and O–H groups in total. The van der Waals surface area contributed by atoms with Gasteiger partial charge in [-0.2, -0.15) is 0 Å². The van der Waals surface area contributed by atoms with E-state index in [0.717, 1.165) is 15.6 Å². The second-order valence-electron chi connectivity index (χ2n) is 3.03. The molecular weight excluding hydrogens is 248 g/mol. The minimum absolute atomic E-state index is 0.466. The summed E-state index contributed by atoms with van der Waals surface area (Å²) in [4.78, 5) is 19.9. The van der Waals surface area contributed by atoms with Gasteiger partial charge in [-0.05, 0) is 37.1 Å². The molecule has 0 unspecified atom stereocenters. The number of hydrogen-bond donors (Lipinski definition) is 0. The molecule has 0 fully saturated rings. The number of carbonyl (C=O) groups excluding carboxylic acids is 1. The molecule has 1 aromatic rings. The molecule has 0 radical (unpaired) electrons. The fourth-order valence-corrected chi connectivity index (χ4v) is 1.82. The Kier molecular flexibility index (Phi) is 3.52. The Balaban J connectivity index is 2.91. The van der Waals surface area contributed by atoms with Crippen molar-refractivity contribution < 1.29 is 14.6 Å². The van der Waals surface area contributed by atoms with E-state index in [1.165, 1.54) is 6.92 Å². The van der Waals surface area contributed by atoms with Gasteiger partial charge in [0, 0.05) is 11.4 Å². The van der Waals surface area contributed by atoms with Crippen LogP contribution >= 0.6 is 15.9 Å². The lowest BCUT2D eigenvalue weighted by atomic mass is 10.1. The van der Waals surface area contributed by atoms with E-state index >= 15 is 0 Å². The highest BCUT2D eigenvalue weighted by atomic mass is 79.9. The Bertz CT molecular complexity index is 337. The van der Waals surface area contributed by atoms with E-state index in [2.05, 4.69) is 20.8 Å². The number of aryl methyl sites for hydroxylation is 2. The van der Waals surface area contributed by atoms with Crippen LogP contribution in [-0.4, -0.2) is 5.97 Å². The fourth-order valence-electron chi connectivity index (χ4n) is 1.13. The second kappa shape index (κ2) is 4.46. The molecule has 3 nitrogen and oxygen atoms in total. The van der Waals surface area contributed by atoms with E-state index in [1.54, 1.807) is 0 Å². The molecule has 0 amide bonds. The van der Waals surface area contributed by atoms with Crippen molar-refractivity contribution in [1.29, 1.82) is 0 Å². The van der Waals surface area contributed by atoms with Gasteiger partial charge in [0.25, 0.3) is 0 Å². The largest absolute Gasteiger partial charge is 0.352 e. The highest BCUT2D eigenvalue weighted by Gasteiger charge is 2.07. The molecule has 0 heterocycles. The standard InChI is InChI=1S/C10H11BrO3/c1-6-4-9(11)5-7(2)10(6)14-13-8(3)12/h4-5H,1-3H3. The Morgan fingerprint density at radius 3 is 2.21 bits per heavy atom. The average Bonchev–Trinajstić information content (AvgIpc) is 2.01. The van der Waals surface area contributed by atoms with Gasteiger partial charge in [-0.3, -0.25) is 9.78 Å². The average molecular weight is 259 g/mol. The molecule has 1 aromatic carbocycles. The second-order valence-corrected chi connectivity index (χ2v) is 3.94. The van der Waals surface area contributed by atoms with E-state index < -0.39 is 5.97 Å². The summed E-state index contributed by atoms with van der Waals surface area (Å²) in [5.74, 6) is 0.120. The van der Waals surface area contributed by atoms with Gasteiger partial charge in [0.05, 0.1) is 0 Å². The minimum Gasteiger partial charge on any atom is -0.286 e. The van der Waals surface area contributed by atoms with Crippen molar-refractivity contribution in [3.8, 4) is 5.75 Å². The third kappa shape index (κ3) is 2.73. The number of rotatable bonds is 2. The lowest BCUT2D eigenvalue weighted by Gasteiger charge is -2.09. The number of benzene rings is 1. The van der Waals surface area contributed by atoms with Crippen LogP contribution in [0.4, 0.5) is 0 Å². The first kappa shape index (κ1) is 11.0. The third-order valence-electron chi connectivity index (χ3n) is 1.67. The number of carbonyl (C=O) groups is 1. The van der Waals surface area contributed by atoms with Crippen LogP contribution in [0.5, 0.6) is 5.75 Å². The number of halogens is 1. The molecule has 0 saturated carbocycles. The SMILES string of the molecule is CC(=O)OOc1c(C)cc(Br)cc1C. The fraction of sp³-hybridized carbons (Fsp3) is 0.300. The summed E-state index contributed by atoms with van der Waals surface area (Å²) in [6.07, 6.45) is 0. The van der Waals surface area contributed by atoms with E-state index in [4.69, 9.17) is 4.89 Å². The van der Waals surface area contributed by atoms with Crippen molar-refractivity contribution in [2.45, 2.75) is 20.8 Å². The topological polar surface area (TPSA) is 35.5 Å². The first-order valence-corrected chi connectivity index (χ1v) is 4.92. The van der Waals surface area contributed by atoms with Gasteiger partial charge >= 0.3 is 5.97 Å². The van der Waals surface area contributed by atoms with Gasteiger partial charge < -0.3 is 0 Å². The van der Waals surface area contributed by atoms with E-state index in [-0.39, 0.29) is 0 Å². The van der Waals surface area contributed by atoms with Crippen LogP contribution in [0.15, 0.2) is 16.6 Å². The molecular formula is C10H11BrO3. The van der Waals surface area contributed by atoms with Gasteiger partial charge in [-0.15, -0.1) is 0 Å². The Labute approximate surface area is 91.1 Å². The van der Waals surface area contributed by atoms with Crippen molar-refractivity contribution in [3.63, 3.8) is 0 Å². The molecule has 0 aliphatic carbocycles. The lowest BCUT2D eigenvalue weighted by molar-refractivity contribution is -0.211. The predicted molar refractivity (Wildman–Crippen MR) is 56.0 cm³/mol. The van der Waals surface area contributed by atoms with Crippen LogP contribution in [0.25, 0.3) is 0 Å². The molecule has 0 saturated heterocycles. The number of hydrogen-bond acceptors (Lipinski definition) is 3. The Morgan fingerprint density at radius 2 is 1.79 bits per heavy atom. The van der Waals surface area contributed by atoms with Crippen molar-refractivity contribution in [1.82, 2.24) is 0 Å². The van der Waals surface area contributed by atoms with Gasteiger partial charge in [-0.1, -0.05) is 15.9 Å². The monoisotopic (exact) mass is 258 g/mol. The summed E-state index contributed by atoms with van der Waals surface area (Å²) in [5, 5.41) is 0. The zero-order chi connectivity index (χ0) is 10.7. The summed E-state index contributed by atoms with van der Waals surface area (Å²) >= 11 is 3.36. The zero-order valence-corrected chi connectivity index (χ0v) is 9.84. The molecule has 76 valence electrons. The molecule has 0 spiro atoms. The van der Waals surface area contributed by atoms with Crippen LogP contribution in [0, 0.1) is 13.8 Å². The molecule has 0 aliphatic rings. The van der Waals surface area contributed by atoms with Crippen LogP contribution in [0.3, 0.4) is 0 Å². The molecule has 0 atom stereocenters. The summed E-state index contributed by atoms with van der Waals surface area (Å²) in [6.45, 7) is 5.07.